The number of hydrogen-bond donors (Lipinski definition) is 1. The summed E-state index contributed by atoms with van der Waals surface area (Å²) >= 11 is 0. The molecule has 0 heterocycles. The molecule has 0 unspecified atom stereocenters. The largest absolute Gasteiger partial charge is 0.465 e. The molecule has 0 radical (unpaired) electrons. The average Bonchev–Trinajstić information content (AvgIpc) is 2.62. The molecule has 0 aliphatic carbocycles. The second-order valence-electron chi connectivity index (χ2n) is 5.08. The van der Waals surface area contributed by atoms with E-state index in [1.807, 2.05) is 0 Å². The molecule has 2 aromatic carbocycles. The van der Waals surface area contributed by atoms with Crippen molar-refractivity contribution in [2.24, 2.45) is 0 Å². The number of methoxy groups -OCH3 is 2. The predicted molar refractivity (Wildman–Crippen MR) is 86.2 cm³/mol. The molecule has 27 heavy (non-hydrogen) atoms. The number of carbonyl (C=O) groups excluding carboxylic acids is 2. The summed E-state index contributed by atoms with van der Waals surface area (Å²) in [5.41, 5.74) is -1.76. The molecule has 11 heteroatoms. The second kappa shape index (κ2) is 7.66. The molecule has 0 aliphatic rings. The molecule has 0 saturated carbocycles. The highest BCUT2D eigenvalue weighted by molar-refractivity contribution is 7.92. The monoisotopic (exact) mass is 403 g/mol. The summed E-state index contributed by atoms with van der Waals surface area (Å²) in [7, 11) is -2.61. The number of esters is 2. The van der Waals surface area contributed by atoms with Crippen LogP contribution in [-0.4, -0.2) is 34.6 Å². The van der Waals surface area contributed by atoms with Crippen LogP contribution < -0.4 is 4.72 Å². The van der Waals surface area contributed by atoms with Gasteiger partial charge in [-0.3, -0.25) is 4.72 Å². The zero-order valence-electron chi connectivity index (χ0n) is 13.9. The number of ether oxygens (including phenoxy) is 2. The van der Waals surface area contributed by atoms with Crippen molar-refractivity contribution in [3.63, 3.8) is 0 Å². The molecule has 0 aliphatic heterocycles. The third-order valence-corrected chi connectivity index (χ3v) is 4.63. The maximum Gasteiger partial charge on any atom is 0.337 e. The Kier molecular flexibility index (Phi) is 5.74. The third-order valence-electron chi connectivity index (χ3n) is 3.30. The number of sulfonamides is 1. The van der Waals surface area contributed by atoms with Crippen molar-refractivity contribution in [3.8, 4) is 0 Å². The number of anilines is 1. The molecule has 0 aromatic heterocycles. The second-order valence-corrected chi connectivity index (χ2v) is 6.76. The van der Waals surface area contributed by atoms with Crippen LogP contribution in [0.5, 0.6) is 0 Å². The molecule has 1 N–H and O–H groups in total. The van der Waals surface area contributed by atoms with E-state index in [1.165, 1.54) is 0 Å². The number of benzene rings is 2. The number of nitrogens with one attached hydrogen (secondary N) is 1. The smallest absolute Gasteiger partial charge is 0.337 e. The highest BCUT2D eigenvalue weighted by Crippen LogP contribution is 2.25. The minimum atomic E-state index is -4.67. The van der Waals surface area contributed by atoms with Crippen LogP contribution in [0.15, 0.2) is 35.2 Å². The van der Waals surface area contributed by atoms with E-state index in [1.54, 1.807) is 4.72 Å². The van der Waals surface area contributed by atoms with E-state index in [9.17, 15) is 31.2 Å². The van der Waals surface area contributed by atoms with Crippen LogP contribution in [0.4, 0.5) is 18.9 Å². The van der Waals surface area contributed by atoms with Crippen LogP contribution in [-0.2, 0) is 19.5 Å². The Balaban J connectivity index is 2.58. The lowest BCUT2D eigenvalue weighted by atomic mass is 10.1. The molecule has 0 bridgehead atoms. The van der Waals surface area contributed by atoms with Crippen molar-refractivity contribution in [1.29, 1.82) is 0 Å². The summed E-state index contributed by atoms with van der Waals surface area (Å²) in [6.45, 7) is 0. The van der Waals surface area contributed by atoms with E-state index in [0.29, 0.717) is 0 Å². The first-order valence-corrected chi connectivity index (χ1v) is 8.56. The zero-order chi connectivity index (χ0) is 20.4. The Labute approximate surface area is 151 Å². The third kappa shape index (κ3) is 4.37. The van der Waals surface area contributed by atoms with Gasteiger partial charge in [0, 0.05) is 12.1 Å². The van der Waals surface area contributed by atoms with Crippen molar-refractivity contribution in [3.05, 3.63) is 58.9 Å². The fourth-order valence-corrected chi connectivity index (χ4v) is 3.20. The molecule has 144 valence electrons. The minimum absolute atomic E-state index is 0.283. The van der Waals surface area contributed by atoms with Gasteiger partial charge in [-0.2, -0.15) is 0 Å². The normalized spacial score (nSPS) is 11.0. The summed E-state index contributed by atoms with van der Waals surface area (Å²) in [5.74, 6) is -6.15. The van der Waals surface area contributed by atoms with Gasteiger partial charge in [0.25, 0.3) is 10.0 Å². The van der Waals surface area contributed by atoms with Crippen LogP contribution in [0, 0.1) is 17.5 Å². The van der Waals surface area contributed by atoms with E-state index in [-0.39, 0.29) is 23.3 Å². The molecule has 0 saturated heterocycles. The lowest BCUT2D eigenvalue weighted by Crippen LogP contribution is -2.17. The Bertz CT molecular complexity index is 966. The molecule has 7 nitrogen and oxygen atoms in total. The predicted octanol–water partition coefficient (Wildman–Crippen LogP) is 2.48. The Hall–Kier alpha value is -3.08. The van der Waals surface area contributed by atoms with Gasteiger partial charge in [-0.15, -0.1) is 0 Å². The van der Waals surface area contributed by atoms with Crippen LogP contribution >= 0.6 is 0 Å². The summed E-state index contributed by atoms with van der Waals surface area (Å²) in [6.07, 6.45) is 0. The summed E-state index contributed by atoms with van der Waals surface area (Å²) < 4.78 is 75.9. The molecule has 0 atom stereocenters. The van der Waals surface area contributed by atoms with Crippen LogP contribution in [0.25, 0.3) is 0 Å². The molecule has 0 fully saturated rings. The van der Waals surface area contributed by atoms with Gasteiger partial charge in [0.05, 0.1) is 30.2 Å². The number of rotatable bonds is 5. The standard InChI is InChI=1S/C16H12F3NO6S/c1-25-15(21)8-3-9(16(22)26-2)5-11(4-8)27(23,24)20-14-12(18)6-10(17)7-13(14)19/h3-7,20H,1-2H3. The highest BCUT2D eigenvalue weighted by Gasteiger charge is 2.24. The lowest BCUT2D eigenvalue weighted by Gasteiger charge is -2.12. The fourth-order valence-electron chi connectivity index (χ4n) is 2.06. The molecule has 0 amide bonds. The van der Waals surface area contributed by atoms with Gasteiger partial charge in [-0.1, -0.05) is 0 Å². The van der Waals surface area contributed by atoms with Crippen LogP contribution in [0.2, 0.25) is 0 Å². The van der Waals surface area contributed by atoms with Gasteiger partial charge in [0.15, 0.2) is 11.6 Å². The Morgan fingerprint density at radius 3 is 1.70 bits per heavy atom. The van der Waals surface area contributed by atoms with Crippen molar-refractivity contribution in [2.45, 2.75) is 4.90 Å². The molecule has 2 aromatic rings. The van der Waals surface area contributed by atoms with Crippen LogP contribution in [0.1, 0.15) is 20.7 Å². The summed E-state index contributed by atoms with van der Waals surface area (Å²) in [6, 6.07) is 3.26. The van der Waals surface area contributed by atoms with E-state index in [4.69, 9.17) is 0 Å². The molecule has 2 rings (SSSR count). The summed E-state index contributed by atoms with van der Waals surface area (Å²) in [4.78, 5) is 22.7. The molecule has 0 spiro atoms. The maximum atomic E-state index is 13.7. The quantitative estimate of drug-likeness (QED) is 0.771. The van der Waals surface area contributed by atoms with Gasteiger partial charge >= 0.3 is 11.9 Å². The Morgan fingerprint density at radius 1 is 0.852 bits per heavy atom. The van der Waals surface area contributed by atoms with Gasteiger partial charge in [0.1, 0.15) is 11.5 Å². The van der Waals surface area contributed by atoms with Crippen LogP contribution in [0.3, 0.4) is 0 Å². The van der Waals surface area contributed by atoms with Gasteiger partial charge in [-0.05, 0) is 18.2 Å². The van der Waals surface area contributed by atoms with Crippen molar-refractivity contribution >= 4 is 27.6 Å². The van der Waals surface area contributed by atoms with Gasteiger partial charge < -0.3 is 9.47 Å². The zero-order valence-corrected chi connectivity index (χ0v) is 14.7. The highest BCUT2D eigenvalue weighted by atomic mass is 32.2. The van der Waals surface area contributed by atoms with E-state index < -0.39 is 50.0 Å². The maximum absolute atomic E-state index is 13.7. The fraction of sp³-hybridized carbons (Fsp3) is 0.125. The van der Waals surface area contributed by atoms with Crippen molar-refractivity contribution in [1.82, 2.24) is 0 Å². The first-order valence-electron chi connectivity index (χ1n) is 7.08. The van der Waals surface area contributed by atoms with E-state index in [0.717, 1.165) is 32.4 Å². The van der Waals surface area contributed by atoms with Gasteiger partial charge in [0.2, 0.25) is 0 Å². The minimum Gasteiger partial charge on any atom is -0.465 e. The Morgan fingerprint density at radius 2 is 1.30 bits per heavy atom. The van der Waals surface area contributed by atoms with Crippen molar-refractivity contribution < 1.29 is 40.7 Å². The van der Waals surface area contributed by atoms with E-state index >= 15 is 0 Å². The lowest BCUT2D eigenvalue weighted by molar-refractivity contribution is 0.0598. The topological polar surface area (TPSA) is 98.8 Å². The number of carbonyl (C=O) groups is 2. The summed E-state index contributed by atoms with van der Waals surface area (Å²) in [5, 5.41) is 0. The SMILES string of the molecule is COC(=O)c1cc(C(=O)OC)cc(S(=O)(=O)Nc2c(F)cc(F)cc2F)c1. The number of hydrogen-bond acceptors (Lipinski definition) is 6. The van der Waals surface area contributed by atoms with Crippen molar-refractivity contribution in [2.75, 3.05) is 18.9 Å². The van der Waals surface area contributed by atoms with E-state index in [2.05, 4.69) is 9.47 Å². The molecular formula is C16H12F3NO6S. The molecular weight excluding hydrogens is 391 g/mol. The first-order chi connectivity index (χ1) is 12.6. The number of halogens is 3. The van der Waals surface area contributed by atoms with Gasteiger partial charge in [-0.25, -0.2) is 31.2 Å². The first kappa shape index (κ1) is 20.2. The average molecular weight is 403 g/mol.